The third-order valence-electron chi connectivity index (χ3n) is 2.44. The predicted octanol–water partition coefficient (Wildman–Crippen LogP) is 2.55. The number of hydrogen-bond donors (Lipinski definition) is 1. The van der Waals surface area contributed by atoms with E-state index in [2.05, 4.69) is 9.97 Å². The van der Waals surface area contributed by atoms with E-state index in [1.807, 2.05) is 30.6 Å². The lowest BCUT2D eigenvalue weighted by Gasteiger charge is -1.97. The lowest BCUT2D eigenvalue weighted by atomic mass is 10.1. The van der Waals surface area contributed by atoms with Crippen molar-refractivity contribution >= 4 is 22.4 Å². The Hall–Kier alpha value is -1.88. The Morgan fingerprint density at radius 1 is 1.44 bits per heavy atom. The van der Waals surface area contributed by atoms with Crippen molar-refractivity contribution in [3.8, 4) is 11.3 Å². The van der Waals surface area contributed by atoms with E-state index >= 15 is 0 Å². The standard InChI is InChI=1S/C11H8N2O2S/c1-6-10(12-5-16-6)7-2-3-8-9(4-7)15-11(14)13-8/h2-5H,1H3,(H,13,14). The maximum atomic E-state index is 11.0. The number of nitrogens with one attached hydrogen (secondary N) is 1. The van der Waals surface area contributed by atoms with Crippen LogP contribution in [0.1, 0.15) is 4.88 Å². The molecule has 0 fully saturated rings. The quantitative estimate of drug-likeness (QED) is 0.701. The molecule has 0 bridgehead atoms. The Bertz CT molecular complexity index is 708. The summed E-state index contributed by atoms with van der Waals surface area (Å²) in [7, 11) is 0. The monoisotopic (exact) mass is 232 g/mol. The molecular weight excluding hydrogens is 224 g/mol. The molecule has 0 radical (unpaired) electrons. The summed E-state index contributed by atoms with van der Waals surface area (Å²) in [6.45, 7) is 2.02. The topological polar surface area (TPSA) is 58.9 Å². The van der Waals surface area contributed by atoms with E-state index in [0.29, 0.717) is 11.1 Å². The summed E-state index contributed by atoms with van der Waals surface area (Å²) in [5.41, 5.74) is 4.99. The van der Waals surface area contributed by atoms with Crippen molar-refractivity contribution in [2.75, 3.05) is 0 Å². The van der Waals surface area contributed by atoms with Crippen LogP contribution in [0.3, 0.4) is 0 Å². The lowest BCUT2D eigenvalue weighted by molar-refractivity contribution is 0.555. The predicted molar refractivity (Wildman–Crippen MR) is 62.7 cm³/mol. The molecule has 2 heterocycles. The zero-order valence-corrected chi connectivity index (χ0v) is 9.30. The van der Waals surface area contributed by atoms with Gasteiger partial charge in [-0.25, -0.2) is 9.78 Å². The molecule has 0 amide bonds. The fourth-order valence-corrected chi connectivity index (χ4v) is 2.27. The van der Waals surface area contributed by atoms with Crippen LogP contribution in [-0.4, -0.2) is 9.97 Å². The van der Waals surface area contributed by atoms with Gasteiger partial charge in [0.15, 0.2) is 5.58 Å². The number of aryl methyl sites for hydroxylation is 1. The van der Waals surface area contributed by atoms with Gasteiger partial charge in [-0.1, -0.05) is 6.07 Å². The number of nitrogens with zero attached hydrogens (tertiary/aromatic N) is 1. The Balaban J connectivity index is 2.26. The van der Waals surface area contributed by atoms with Gasteiger partial charge in [0.05, 0.1) is 16.7 Å². The van der Waals surface area contributed by atoms with Crippen LogP contribution in [0.4, 0.5) is 0 Å². The number of fused-ring (bicyclic) bond motifs is 1. The van der Waals surface area contributed by atoms with Crippen LogP contribution in [0.25, 0.3) is 22.4 Å². The van der Waals surface area contributed by atoms with Crippen molar-refractivity contribution < 1.29 is 4.42 Å². The van der Waals surface area contributed by atoms with Crippen LogP contribution in [0, 0.1) is 6.92 Å². The SMILES string of the molecule is Cc1scnc1-c1ccc2[nH]c(=O)oc2c1. The largest absolute Gasteiger partial charge is 0.417 e. The first-order valence-electron chi connectivity index (χ1n) is 4.77. The number of thiazole rings is 1. The molecule has 16 heavy (non-hydrogen) atoms. The second-order valence-corrected chi connectivity index (χ2v) is 4.54. The van der Waals surface area contributed by atoms with Gasteiger partial charge in [-0.05, 0) is 19.1 Å². The van der Waals surface area contributed by atoms with Gasteiger partial charge in [-0.3, -0.25) is 4.98 Å². The van der Waals surface area contributed by atoms with E-state index in [-0.39, 0.29) is 0 Å². The van der Waals surface area contributed by atoms with Crippen molar-refractivity contribution in [3.05, 3.63) is 39.1 Å². The summed E-state index contributed by atoms with van der Waals surface area (Å²) in [6, 6.07) is 5.58. The fraction of sp³-hybridized carbons (Fsp3) is 0.0909. The van der Waals surface area contributed by atoms with Crippen LogP contribution in [0.15, 0.2) is 32.9 Å². The van der Waals surface area contributed by atoms with Crippen LogP contribution in [0.2, 0.25) is 0 Å². The van der Waals surface area contributed by atoms with E-state index in [1.54, 1.807) is 11.3 Å². The van der Waals surface area contributed by atoms with E-state index in [4.69, 9.17) is 4.42 Å². The maximum Gasteiger partial charge on any atom is 0.417 e. The molecule has 0 saturated carbocycles. The van der Waals surface area contributed by atoms with Gasteiger partial charge in [0.1, 0.15) is 0 Å². The zero-order chi connectivity index (χ0) is 11.1. The van der Waals surface area contributed by atoms with Crippen LogP contribution in [0.5, 0.6) is 0 Å². The normalized spacial score (nSPS) is 11.1. The van der Waals surface area contributed by atoms with Crippen molar-refractivity contribution in [2.24, 2.45) is 0 Å². The third kappa shape index (κ3) is 1.37. The maximum absolute atomic E-state index is 11.0. The molecule has 0 spiro atoms. The molecule has 3 rings (SSSR count). The first-order chi connectivity index (χ1) is 7.74. The molecular formula is C11H8N2O2S. The Kier molecular flexibility index (Phi) is 1.94. The summed E-state index contributed by atoms with van der Waals surface area (Å²) < 4.78 is 5.01. The van der Waals surface area contributed by atoms with Gasteiger partial charge in [0, 0.05) is 10.4 Å². The number of hydrogen-bond acceptors (Lipinski definition) is 4. The fourth-order valence-electron chi connectivity index (χ4n) is 1.68. The Morgan fingerprint density at radius 3 is 3.06 bits per heavy atom. The van der Waals surface area contributed by atoms with E-state index < -0.39 is 5.76 Å². The van der Waals surface area contributed by atoms with Crippen molar-refractivity contribution in [3.63, 3.8) is 0 Å². The average Bonchev–Trinajstić information content (AvgIpc) is 2.81. The highest BCUT2D eigenvalue weighted by atomic mass is 32.1. The first kappa shape index (κ1) is 9.35. The second kappa shape index (κ2) is 3.31. The Morgan fingerprint density at radius 2 is 2.31 bits per heavy atom. The molecule has 0 unspecified atom stereocenters. The Labute approximate surface area is 94.6 Å². The summed E-state index contributed by atoms with van der Waals surface area (Å²) in [5, 5.41) is 0. The molecule has 0 aliphatic rings. The van der Waals surface area contributed by atoms with Crippen molar-refractivity contribution in [1.82, 2.24) is 9.97 Å². The second-order valence-electron chi connectivity index (χ2n) is 3.48. The van der Waals surface area contributed by atoms with Crippen LogP contribution >= 0.6 is 11.3 Å². The average molecular weight is 232 g/mol. The highest BCUT2D eigenvalue weighted by Crippen LogP contribution is 2.26. The van der Waals surface area contributed by atoms with Gasteiger partial charge >= 0.3 is 5.76 Å². The van der Waals surface area contributed by atoms with Crippen LogP contribution in [-0.2, 0) is 0 Å². The van der Waals surface area contributed by atoms with Gasteiger partial charge in [-0.2, -0.15) is 0 Å². The van der Waals surface area contributed by atoms with Gasteiger partial charge in [0.2, 0.25) is 0 Å². The van der Waals surface area contributed by atoms with E-state index in [0.717, 1.165) is 16.1 Å². The minimum atomic E-state index is -0.429. The van der Waals surface area contributed by atoms with Crippen LogP contribution < -0.4 is 5.76 Å². The number of rotatable bonds is 1. The number of aromatic nitrogens is 2. The molecule has 4 nitrogen and oxygen atoms in total. The molecule has 2 aromatic heterocycles. The van der Waals surface area contributed by atoms with E-state index in [1.165, 1.54) is 0 Å². The number of H-pyrrole nitrogens is 1. The van der Waals surface area contributed by atoms with Crippen molar-refractivity contribution in [1.29, 1.82) is 0 Å². The molecule has 3 aromatic rings. The third-order valence-corrected chi connectivity index (χ3v) is 3.20. The smallest absolute Gasteiger partial charge is 0.408 e. The molecule has 1 aromatic carbocycles. The number of aromatic amines is 1. The zero-order valence-electron chi connectivity index (χ0n) is 8.48. The number of oxazole rings is 1. The van der Waals surface area contributed by atoms with Gasteiger partial charge < -0.3 is 4.42 Å². The summed E-state index contributed by atoms with van der Waals surface area (Å²) >= 11 is 1.60. The van der Waals surface area contributed by atoms with Crippen molar-refractivity contribution in [2.45, 2.75) is 6.92 Å². The molecule has 0 aliphatic carbocycles. The molecule has 0 saturated heterocycles. The van der Waals surface area contributed by atoms with Gasteiger partial charge in [0.25, 0.3) is 0 Å². The number of benzene rings is 1. The summed E-state index contributed by atoms with van der Waals surface area (Å²) in [4.78, 5) is 19.1. The highest BCUT2D eigenvalue weighted by Gasteiger charge is 2.07. The first-order valence-corrected chi connectivity index (χ1v) is 5.65. The molecule has 1 N–H and O–H groups in total. The molecule has 5 heteroatoms. The molecule has 0 atom stereocenters. The summed E-state index contributed by atoms with van der Waals surface area (Å²) in [6.07, 6.45) is 0. The summed E-state index contributed by atoms with van der Waals surface area (Å²) in [5.74, 6) is -0.429. The molecule has 0 aliphatic heterocycles. The molecule has 80 valence electrons. The lowest BCUT2D eigenvalue weighted by Crippen LogP contribution is -1.92. The van der Waals surface area contributed by atoms with E-state index in [9.17, 15) is 4.79 Å². The minimum Gasteiger partial charge on any atom is -0.408 e. The van der Waals surface area contributed by atoms with Gasteiger partial charge in [-0.15, -0.1) is 11.3 Å². The minimum absolute atomic E-state index is 0.429. The highest BCUT2D eigenvalue weighted by molar-refractivity contribution is 7.10.